The van der Waals surface area contributed by atoms with Gasteiger partial charge in [0.05, 0.1) is 22.4 Å². The molecule has 0 bridgehead atoms. The molecular formula is C9H11BrN6. The van der Waals surface area contributed by atoms with E-state index in [1.807, 2.05) is 6.92 Å². The molecular weight excluding hydrogens is 272 g/mol. The van der Waals surface area contributed by atoms with E-state index < -0.39 is 0 Å². The van der Waals surface area contributed by atoms with Crippen LogP contribution >= 0.6 is 15.9 Å². The number of hydrogen-bond acceptors (Lipinski definition) is 5. The molecule has 2 heterocycles. The van der Waals surface area contributed by atoms with Gasteiger partial charge in [-0.2, -0.15) is 5.10 Å². The number of nitrogen functional groups attached to an aromatic ring is 1. The second-order valence-corrected chi connectivity index (χ2v) is 4.19. The van der Waals surface area contributed by atoms with Crippen LogP contribution in [0.5, 0.6) is 0 Å². The molecule has 0 saturated carbocycles. The molecule has 0 radical (unpaired) electrons. The van der Waals surface area contributed by atoms with Crippen molar-refractivity contribution in [3.63, 3.8) is 0 Å². The Kier molecular flexibility index (Phi) is 3.04. The van der Waals surface area contributed by atoms with Gasteiger partial charge in [0, 0.05) is 0 Å². The predicted octanol–water partition coefficient (Wildman–Crippen LogP) is 1.72. The zero-order valence-electron chi connectivity index (χ0n) is 8.61. The third-order valence-electron chi connectivity index (χ3n) is 2.06. The minimum absolute atomic E-state index is 0.00470. The first-order valence-corrected chi connectivity index (χ1v) is 5.49. The van der Waals surface area contributed by atoms with Crippen LogP contribution in [0.2, 0.25) is 0 Å². The SMILES string of the molecule is CC(Nc1ncc(N)cc1Br)c1ncn[nH]1. The molecule has 6 nitrogen and oxygen atoms in total. The van der Waals surface area contributed by atoms with Crippen LogP contribution in [-0.2, 0) is 0 Å². The van der Waals surface area contributed by atoms with E-state index in [0.717, 1.165) is 16.1 Å². The van der Waals surface area contributed by atoms with E-state index in [2.05, 4.69) is 41.4 Å². The fourth-order valence-corrected chi connectivity index (χ4v) is 1.74. The van der Waals surface area contributed by atoms with E-state index in [-0.39, 0.29) is 6.04 Å². The Balaban J connectivity index is 2.15. The number of rotatable bonds is 3. The van der Waals surface area contributed by atoms with E-state index in [4.69, 9.17) is 5.73 Å². The highest BCUT2D eigenvalue weighted by Crippen LogP contribution is 2.24. The number of hydrogen-bond donors (Lipinski definition) is 3. The maximum Gasteiger partial charge on any atom is 0.146 e. The van der Waals surface area contributed by atoms with Crippen molar-refractivity contribution >= 4 is 27.4 Å². The Morgan fingerprint density at radius 2 is 2.31 bits per heavy atom. The molecule has 0 aromatic carbocycles. The van der Waals surface area contributed by atoms with Crippen molar-refractivity contribution in [1.82, 2.24) is 20.2 Å². The highest BCUT2D eigenvalue weighted by molar-refractivity contribution is 9.10. The molecule has 0 aliphatic heterocycles. The molecule has 2 aromatic rings. The van der Waals surface area contributed by atoms with Gasteiger partial charge in [0.15, 0.2) is 0 Å². The number of nitrogens with one attached hydrogen (secondary N) is 2. The second kappa shape index (κ2) is 4.48. The van der Waals surface area contributed by atoms with Crippen LogP contribution in [0.4, 0.5) is 11.5 Å². The summed E-state index contributed by atoms with van der Waals surface area (Å²) >= 11 is 3.39. The largest absolute Gasteiger partial charge is 0.397 e. The molecule has 0 aliphatic rings. The molecule has 0 amide bonds. The van der Waals surface area contributed by atoms with E-state index in [1.54, 1.807) is 12.3 Å². The zero-order chi connectivity index (χ0) is 11.5. The molecule has 2 rings (SSSR count). The quantitative estimate of drug-likeness (QED) is 0.797. The van der Waals surface area contributed by atoms with Crippen molar-refractivity contribution in [1.29, 1.82) is 0 Å². The lowest BCUT2D eigenvalue weighted by atomic mass is 10.3. The molecule has 0 fully saturated rings. The van der Waals surface area contributed by atoms with Gasteiger partial charge in [0.25, 0.3) is 0 Å². The lowest BCUT2D eigenvalue weighted by Crippen LogP contribution is -2.10. The van der Waals surface area contributed by atoms with Gasteiger partial charge in [-0.15, -0.1) is 0 Å². The molecule has 0 spiro atoms. The number of halogens is 1. The van der Waals surface area contributed by atoms with Gasteiger partial charge >= 0.3 is 0 Å². The van der Waals surface area contributed by atoms with Crippen LogP contribution in [0.15, 0.2) is 23.1 Å². The maximum absolute atomic E-state index is 5.60. The molecule has 7 heteroatoms. The van der Waals surface area contributed by atoms with Crippen molar-refractivity contribution < 1.29 is 0 Å². The van der Waals surface area contributed by atoms with Gasteiger partial charge < -0.3 is 11.1 Å². The van der Waals surface area contributed by atoms with Crippen molar-refractivity contribution in [2.45, 2.75) is 13.0 Å². The fraction of sp³-hybridized carbons (Fsp3) is 0.222. The van der Waals surface area contributed by atoms with E-state index in [1.165, 1.54) is 6.33 Å². The Morgan fingerprint density at radius 3 is 2.94 bits per heavy atom. The summed E-state index contributed by atoms with van der Waals surface area (Å²) in [6.45, 7) is 1.96. The average Bonchev–Trinajstić information content (AvgIpc) is 2.75. The summed E-state index contributed by atoms with van der Waals surface area (Å²) < 4.78 is 0.818. The van der Waals surface area contributed by atoms with Gasteiger partial charge in [0.2, 0.25) is 0 Å². The molecule has 0 saturated heterocycles. The third kappa shape index (κ3) is 2.30. The Labute approximate surface area is 101 Å². The normalized spacial score (nSPS) is 12.4. The van der Waals surface area contributed by atoms with E-state index in [9.17, 15) is 0 Å². The van der Waals surface area contributed by atoms with Gasteiger partial charge in [-0.1, -0.05) is 0 Å². The third-order valence-corrected chi connectivity index (χ3v) is 2.66. The van der Waals surface area contributed by atoms with Gasteiger partial charge in [-0.05, 0) is 28.9 Å². The number of pyridine rings is 1. The van der Waals surface area contributed by atoms with Crippen LogP contribution in [0.3, 0.4) is 0 Å². The first-order chi connectivity index (χ1) is 7.66. The van der Waals surface area contributed by atoms with Crippen LogP contribution in [0.1, 0.15) is 18.8 Å². The number of nitrogens with two attached hydrogens (primary N) is 1. The Hall–Kier alpha value is -1.63. The summed E-state index contributed by atoms with van der Waals surface area (Å²) in [6.07, 6.45) is 3.07. The van der Waals surface area contributed by atoms with Gasteiger partial charge in [-0.25, -0.2) is 9.97 Å². The molecule has 1 atom stereocenters. The summed E-state index contributed by atoms with van der Waals surface area (Å²) in [6, 6.07) is 1.79. The van der Waals surface area contributed by atoms with E-state index >= 15 is 0 Å². The standard InChI is InChI=1S/C9H11BrN6/c1-5(8-13-4-14-16-8)15-9-7(10)2-6(11)3-12-9/h2-5H,11H2,1H3,(H,12,15)(H,13,14,16). The monoisotopic (exact) mass is 282 g/mol. The number of aromatic amines is 1. The van der Waals surface area contributed by atoms with Gasteiger partial charge in [0.1, 0.15) is 18.0 Å². The van der Waals surface area contributed by atoms with Crippen LogP contribution in [0.25, 0.3) is 0 Å². The molecule has 1 unspecified atom stereocenters. The summed E-state index contributed by atoms with van der Waals surface area (Å²) in [4.78, 5) is 8.25. The Morgan fingerprint density at radius 1 is 1.50 bits per heavy atom. The van der Waals surface area contributed by atoms with Crippen molar-refractivity contribution in [3.05, 3.63) is 28.9 Å². The highest BCUT2D eigenvalue weighted by atomic mass is 79.9. The van der Waals surface area contributed by atoms with Crippen molar-refractivity contribution in [3.8, 4) is 0 Å². The minimum Gasteiger partial charge on any atom is -0.397 e. The lowest BCUT2D eigenvalue weighted by Gasteiger charge is -2.13. The molecule has 16 heavy (non-hydrogen) atoms. The second-order valence-electron chi connectivity index (χ2n) is 3.34. The number of nitrogens with zero attached hydrogens (tertiary/aromatic N) is 3. The van der Waals surface area contributed by atoms with Crippen LogP contribution in [-0.4, -0.2) is 20.2 Å². The lowest BCUT2D eigenvalue weighted by molar-refractivity contribution is 0.789. The van der Waals surface area contributed by atoms with E-state index in [0.29, 0.717) is 5.69 Å². The molecule has 2 aromatic heterocycles. The van der Waals surface area contributed by atoms with Crippen LogP contribution in [0, 0.1) is 0 Å². The molecule has 0 aliphatic carbocycles. The topological polar surface area (TPSA) is 92.5 Å². The smallest absolute Gasteiger partial charge is 0.146 e. The molecule has 84 valence electrons. The molecule has 4 N–H and O–H groups in total. The maximum atomic E-state index is 5.60. The summed E-state index contributed by atoms with van der Waals surface area (Å²) in [5, 5.41) is 9.78. The number of H-pyrrole nitrogens is 1. The average molecular weight is 283 g/mol. The van der Waals surface area contributed by atoms with Crippen LogP contribution < -0.4 is 11.1 Å². The van der Waals surface area contributed by atoms with Gasteiger partial charge in [-0.3, -0.25) is 5.10 Å². The first kappa shape index (κ1) is 10.9. The summed E-state index contributed by atoms with van der Waals surface area (Å²) in [5.41, 5.74) is 6.22. The van der Waals surface area contributed by atoms with Crippen molar-refractivity contribution in [2.75, 3.05) is 11.1 Å². The Bertz CT molecular complexity index is 469. The zero-order valence-corrected chi connectivity index (χ0v) is 10.2. The fourth-order valence-electron chi connectivity index (χ4n) is 1.26. The van der Waals surface area contributed by atoms with Crippen molar-refractivity contribution in [2.24, 2.45) is 0 Å². The summed E-state index contributed by atoms with van der Waals surface area (Å²) in [5.74, 6) is 1.48. The summed E-state index contributed by atoms with van der Waals surface area (Å²) in [7, 11) is 0. The first-order valence-electron chi connectivity index (χ1n) is 4.69. The number of aromatic nitrogens is 4. The minimum atomic E-state index is -0.00470. The predicted molar refractivity (Wildman–Crippen MR) is 64.8 cm³/mol. The highest BCUT2D eigenvalue weighted by Gasteiger charge is 2.10. The number of anilines is 2.